The first-order valence-corrected chi connectivity index (χ1v) is 4.44. The van der Waals surface area contributed by atoms with E-state index >= 15 is 0 Å². The number of hydrogen-bond donors (Lipinski definition) is 0. The molecule has 1 heterocycles. The van der Waals surface area contributed by atoms with Crippen molar-refractivity contribution in [3.8, 4) is 0 Å². The largest absolute Gasteiger partial charge is 0.298 e. The first kappa shape index (κ1) is 10.2. The number of carbonyl (C=O) groups excluding carboxylic acids is 1. The van der Waals surface area contributed by atoms with Gasteiger partial charge in [-0.3, -0.25) is 9.78 Å². The number of aldehydes is 1. The molecule has 70 valence electrons. The highest BCUT2D eigenvalue weighted by Crippen LogP contribution is 2.24. The Morgan fingerprint density at radius 2 is 2.08 bits per heavy atom. The second-order valence-electron chi connectivity index (χ2n) is 3.96. The third-order valence-electron chi connectivity index (χ3n) is 1.72. The standard InChI is InChI=1S/C10H12ClNO/c1-10(2,3)9-7(6-13)4-8(11)5-12-9/h4-6H,1-3H3. The number of rotatable bonds is 1. The van der Waals surface area contributed by atoms with Gasteiger partial charge in [0.2, 0.25) is 0 Å². The van der Waals surface area contributed by atoms with Gasteiger partial charge in [-0.05, 0) is 6.07 Å². The SMILES string of the molecule is CC(C)(C)c1ncc(Cl)cc1C=O. The van der Waals surface area contributed by atoms with Crippen LogP contribution in [0.3, 0.4) is 0 Å². The molecule has 0 aliphatic rings. The molecule has 0 unspecified atom stereocenters. The van der Waals surface area contributed by atoms with Crippen molar-refractivity contribution in [3.63, 3.8) is 0 Å². The van der Waals surface area contributed by atoms with Crippen LogP contribution < -0.4 is 0 Å². The van der Waals surface area contributed by atoms with Crippen molar-refractivity contribution >= 4 is 17.9 Å². The Kier molecular flexibility index (Phi) is 2.71. The highest BCUT2D eigenvalue weighted by atomic mass is 35.5. The van der Waals surface area contributed by atoms with E-state index in [2.05, 4.69) is 4.98 Å². The Bertz CT molecular complexity index is 328. The zero-order valence-corrected chi connectivity index (χ0v) is 8.72. The maximum absolute atomic E-state index is 10.7. The fraction of sp³-hybridized carbons (Fsp3) is 0.400. The van der Waals surface area contributed by atoms with Gasteiger partial charge in [0, 0.05) is 17.2 Å². The molecule has 0 aliphatic heterocycles. The minimum atomic E-state index is -0.124. The van der Waals surface area contributed by atoms with E-state index < -0.39 is 0 Å². The number of halogens is 1. The average Bonchev–Trinajstić information content (AvgIpc) is 2.01. The van der Waals surface area contributed by atoms with Gasteiger partial charge in [0.05, 0.1) is 10.7 Å². The summed E-state index contributed by atoms with van der Waals surface area (Å²) >= 11 is 5.72. The van der Waals surface area contributed by atoms with Crippen LogP contribution in [0.25, 0.3) is 0 Å². The van der Waals surface area contributed by atoms with Crippen molar-refractivity contribution in [2.75, 3.05) is 0 Å². The molecule has 2 nitrogen and oxygen atoms in total. The summed E-state index contributed by atoms with van der Waals surface area (Å²) in [4.78, 5) is 14.9. The second-order valence-corrected chi connectivity index (χ2v) is 4.40. The summed E-state index contributed by atoms with van der Waals surface area (Å²) < 4.78 is 0. The van der Waals surface area contributed by atoms with Crippen molar-refractivity contribution in [2.45, 2.75) is 26.2 Å². The first-order chi connectivity index (χ1) is 5.95. The number of nitrogens with zero attached hydrogens (tertiary/aromatic N) is 1. The van der Waals surface area contributed by atoms with Crippen molar-refractivity contribution in [2.24, 2.45) is 0 Å². The van der Waals surface area contributed by atoms with E-state index in [9.17, 15) is 4.79 Å². The van der Waals surface area contributed by atoms with Crippen LogP contribution in [-0.4, -0.2) is 11.3 Å². The lowest BCUT2D eigenvalue weighted by Gasteiger charge is -2.19. The summed E-state index contributed by atoms with van der Waals surface area (Å²) in [6, 6.07) is 1.64. The lowest BCUT2D eigenvalue weighted by Crippen LogP contribution is -2.16. The van der Waals surface area contributed by atoms with Crippen LogP contribution in [0.2, 0.25) is 5.02 Å². The fourth-order valence-electron chi connectivity index (χ4n) is 1.17. The molecule has 0 saturated heterocycles. The molecule has 0 bridgehead atoms. The van der Waals surface area contributed by atoms with Crippen molar-refractivity contribution in [1.29, 1.82) is 0 Å². The quantitative estimate of drug-likeness (QED) is 0.648. The van der Waals surface area contributed by atoms with Crippen molar-refractivity contribution < 1.29 is 4.79 Å². The highest BCUT2D eigenvalue weighted by Gasteiger charge is 2.19. The molecule has 0 aromatic carbocycles. The molecule has 1 aromatic rings. The summed E-state index contributed by atoms with van der Waals surface area (Å²) in [6.45, 7) is 6.03. The predicted molar refractivity (Wildman–Crippen MR) is 53.3 cm³/mol. The van der Waals surface area contributed by atoms with Gasteiger partial charge < -0.3 is 0 Å². The van der Waals surface area contributed by atoms with E-state index in [1.807, 2.05) is 20.8 Å². The number of pyridine rings is 1. The maximum Gasteiger partial charge on any atom is 0.151 e. The molecule has 0 amide bonds. The molecular formula is C10H12ClNO. The van der Waals surface area contributed by atoms with E-state index in [4.69, 9.17) is 11.6 Å². The van der Waals surface area contributed by atoms with Crippen LogP contribution in [0, 0.1) is 0 Å². The topological polar surface area (TPSA) is 30.0 Å². The number of aromatic nitrogens is 1. The molecule has 1 aromatic heterocycles. The van der Waals surface area contributed by atoms with Crippen molar-refractivity contribution in [3.05, 3.63) is 28.5 Å². The van der Waals surface area contributed by atoms with Crippen LogP contribution in [0.5, 0.6) is 0 Å². The van der Waals surface area contributed by atoms with E-state index in [1.165, 1.54) is 0 Å². The minimum absolute atomic E-state index is 0.124. The summed E-state index contributed by atoms with van der Waals surface area (Å²) in [6.07, 6.45) is 2.36. The molecule has 0 fully saturated rings. The Hall–Kier alpha value is -0.890. The van der Waals surface area contributed by atoms with Crippen LogP contribution in [0.1, 0.15) is 36.8 Å². The molecule has 3 heteroatoms. The van der Waals surface area contributed by atoms with E-state index in [1.54, 1.807) is 12.3 Å². The summed E-state index contributed by atoms with van der Waals surface area (Å²) in [7, 11) is 0. The summed E-state index contributed by atoms with van der Waals surface area (Å²) in [5.41, 5.74) is 1.23. The van der Waals surface area contributed by atoms with Gasteiger partial charge in [0.1, 0.15) is 0 Å². The molecule has 0 N–H and O–H groups in total. The predicted octanol–water partition coefficient (Wildman–Crippen LogP) is 2.85. The molecule has 0 atom stereocenters. The van der Waals surface area contributed by atoms with Gasteiger partial charge in [-0.2, -0.15) is 0 Å². The average molecular weight is 198 g/mol. The Morgan fingerprint density at radius 3 is 2.54 bits per heavy atom. The van der Waals surface area contributed by atoms with E-state index in [0.717, 1.165) is 12.0 Å². The van der Waals surface area contributed by atoms with Crippen LogP contribution in [0.15, 0.2) is 12.3 Å². The Morgan fingerprint density at radius 1 is 1.46 bits per heavy atom. The molecule has 0 radical (unpaired) electrons. The fourth-order valence-corrected chi connectivity index (χ4v) is 1.34. The van der Waals surface area contributed by atoms with Gasteiger partial charge in [-0.15, -0.1) is 0 Å². The monoisotopic (exact) mass is 197 g/mol. The zero-order valence-electron chi connectivity index (χ0n) is 7.97. The first-order valence-electron chi connectivity index (χ1n) is 4.06. The Labute approximate surface area is 82.9 Å². The molecule has 1 rings (SSSR count). The number of hydrogen-bond acceptors (Lipinski definition) is 2. The highest BCUT2D eigenvalue weighted by molar-refractivity contribution is 6.30. The zero-order chi connectivity index (χ0) is 10.1. The van der Waals surface area contributed by atoms with Crippen LogP contribution in [0.4, 0.5) is 0 Å². The van der Waals surface area contributed by atoms with Gasteiger partial charge in [0.25, 0.3) is 0 Å². The minimum Gasteiger partial charge on any atom is -0.298 e. The van der Waals surface area contributed by atoms with Crippen LogP contribution >= 0.6 is 11.6 Å². The molecule has 13 heavy (non-hydrogen) atoms. The van der Waals surface area contributed by atoms with Gasteiger partial charge in [-0.25, -0.2) is 0 Å². The Balaban J connectivity index is 3.29. The lowest BCUT2D eigenvalue weighted by atomic mass is 9.89. The van der Waals surface area contributed by atoms with Crippen molar-refractivity contribution in [1.82, 2.24) is 4.98 Å². The van der Waals surface area contributed by atoms with Crippen LogP contribution in [-0.2, 0) is 5.41 Å². The molecule has 0 aliphatic carbocycles. The number of carbonyl (C=O) groups is 1. The van der Waals surface area contributed by atoms with E-state index in [-0.39, 0.29) is 5.41 Å². The smallest absolute Gasteiger partial charge is 0.151 e. The molecular weight excluding hydrogens is 186 g/mol. The second kappa shape index (κ2) is 3.46. The van der Waals surface area contributed by atoms with Gasteiger partial charge in [-0.1, -0.05) is 32.4 Å². The third-order valence-corrected chi connectivity index (χ3v) is 1.93. The molecule has 0 spiro atoms. The van der Waals surface area contributed by atoms with Gasteiger partial charge in [0.15, 0.2) is 6.29 Å². The van der Waals surface area contributed by atoms with E-state index in [0.29, 0.717) is 10.6 Å². The van der Waals surface area contributed by atoms with Gasteiger partial charge >= 0.3 is 0 Å². The lowest BCUT2D eigenvalue weighted by molar-refractivity contribution is 0.112. The molecule has 0 saturated carbocycles. The maximum atomic E-state index is 10.7. The summed E-state index contributed by atoms with van der Waals surface area (Å²) in [5.74, 6) is 0. The summed E-state index contributed by atoms with van der Waals surface area (Å²) in [5, 5.41) is 0.495. The third kappa shape index (κ3) is 2.28. The normalized spacial score (nSPS) is 11.4.